The quantitative estimate of drug-likeness (QED) is 0.127. The molecule has 9 aromatic carbocycles. The summed E-state index contributed by atoms with van der Waals surface area (Å²) in [5, 5.41) is 7.74. The van der Waals surface area contributed by atoms with Gasteiger partial charge in [-0.15, -0.1) is 0 Å². The van der Waals surface area contributed by atoms with Crippen molar-refractivity contribution >= 4 is 55.4 Å². The maximum Gasteiger partial charge on any atom is 0.241 e. The number of rotatable bonds is 5. The van der Waals surface area contributed by atoms with Crippen LogP contribution in [0.4, 0.5) is 0 Å². The highest BCUT2D eigenvalue weighted by Gasteiger charge is 2.37. The summed E-state index contributed by atoms with van der Waals surface area (Å²) in [6.07, 6.45) is 0. The molecule has 0 fully saturated rings. The van der Waals surface area contributed by atoms with Gasteiger partial charge >= 0.3 is 0 Å². The van der Waals surface area contributed by atoms with Gasteiger partial charge in [0, 0.05) is 5.41 Å². The van der Waals surface area contributed by atoms with Crippen LogP contribution in [-0.2, 0) is 5.41 Å². The summed E-state index contributed by atoms with van der Waals surface area (Å²) in [5.41, 5.74) is 14.5. The minimum Gasteiger partial charge on any atom is -0.0687 e. The van der Waals surface area contributed by atoms with Gasteiger partial charge < -0.3 is 0 Å². The van der Waals surface area contributed by atoms with E-state index >= 15 is 0 Å². The fourth-order valence-corrected chi connectivity index (χ4v) is 9.20. The molecule has 244 valence electrons. The number of fused-ring (bicyclic) bond motifs is 7. The van der Waals surface area contributed by atoms with Crippen molar-refractivity contribution in [2.24, 2.45) is 0 Å². The van der Waals surface area contributed by atoms with Gasteiger partial charge in [-0.3, -0.25) is 0 Å². The number of hydrogen-bond donors (Lipinski definition) is 0. The fraction of sp³-hybridized carbons (Fsp3) is 0.0588. The third-order valence-electron chi connectivity index (χ3n) is 11.6. The summed E-state index contributed by atoms with van der Waals surface area (Å²) in [4.78, 5) is 0. The molecule has 0 bridgehead atoms. The first-order chi connectivity index (χ1) is 25.6. The summed E-state index contributed by atoms with van der Waals surface area (Å²) in [6.45, 7) is 4.94. The summed E-state index contributed by atoms with van der Waals surface area (Å²) in [6, 6.07) is 69.8. The molecule has 0 saturated carbocycles. The largest absolute Gasteiger partial charge is 0.241 e. The Morgan fingerprint density at radius 1 is 0.327 bits per heavy atom. The lowest BCUT2D eigenvalue weighted by atomic mass is 9.37. The van der Waals surface area contributed by atoms with Crippen molar-refractivity contribution in [3.05, 3.63) is 199 Å². The highest BCUT2D eigenvalue weighted by atomic mass is 14.4. The second-order valence-electron chi connectivity index (χ2n) is 14.8. The maximum absolute atomic E-state index is 2.52. The zero-order valence-corrected chi connectivity index (χ0v) is 29.5. The normalized spacial score (nSPS) is 13.0. The lowest BCUT2D eigenvalue weighted by molar-refractivity contribution is 0.661. The Bertz CT molecular complexity index is 2700. The molecule has 0 spiro atoms. The molecule has 52 heavy (non-hydrogen) atoms. The van der Waals surface area contributed by atoms with Gasteiger partial charge in [0.05, 0.1) is 0 Å². The highest BCUT2D eigenvalue weighted by molar-refractivity contribution is 6.95. The minimum atomic E-state index is -0.102. The predicted molar refractivity (Wildman–Crippen MR) is 225 cm³/mol. The van der Waals surface area contributed by atoms with Crippen LogP contribution in [0.5, 0.6) is 0 Å². The summed E-state index contributed by atoms with van der Waals surface area (Å²) in [5.74, 6) is 0. The zero-order valence-electron chi connectivity index (χ0n) is 29.5. The maximum atomic E-state index is 2.52. The number of benzene rings is 9. The Morgan fingerprint density at radius 2 is 0.750 bits per heavy atom. The molecule has 1 heteroatoms. The Hall–Kier alpha value is -6.18. The first-order valence-electron chi connectivity index (χ1n) is 18.4. The smallest absolute Gasteiger partial charge is 0.0687 e. The summed E-state index contributed by atoms with van der Waals surface area (Å²) >= 11 is 0. The first-order valence-corrected chi connectivity index (χ1v) is 18.4. The molecular weight excluding hydrogens is 623 g/mol. The molecule has 1 aliphatic carbocycles. The third kappa shape index (κ3) is 4.63. The van der Waals surface area contributed by atoms with E-state index in [1.807, 2.05) is 0 Å². The lowest BCUT2D eigenvalue weighted by Crippen LogP contribution is -2.51. The van der Waals surface area contributed by atoms with Crippen LogP contribution in [0, 0.1) is 0 Å². The van der Waals surface area contributed by atoms with Gasteiger partial charge in [-0.2, -0.15) is 0 Å². The van der Waals surface area contributed by atoms with E-state index in [0.29, 0.717) is 0 Å². The van der Waals surface area contributed by atoms with Gasteiger partial charge in [-0.25, -0.2) is 0 Å². The highest BCUT2D eigenvalue weighted by Crippen LogP contribution is 2.54. The molecule has 0 atom stereocenters. The van der Waals surface area contributed by atoms with Gasteiger partial charge in [0.1, 0.15) is 0 Å². The van der Waals surface area contributed by atoms with Gasteiger partial charge in [0.2, 0.25) is 6.71 Å². The van der Waals surface area contributed by atoms with E-state index < -0.39 is 0 Å². The standard InChI is InChI=1S/C51H37B/c1-51(2)46-28-16-15-27-44(46)50-39-22-10-9-21-38(39)45(33-47(50)51)49-42-25-13-11-23-40(42)48(41-24-12-14-26-43(41)49)34-29-31-37(32-30-34)52(35-17-5-3-6-18-35)36-19-7-4-8-20-36/h3-33H,1-2H3. The van der Waals surface area contributed by atoms with E-state index in [9.17, 15) is 0 Å². The molecular formula is C51H37B. The molecule has 0 N–H and O–H groups in total. The third-order valence-corrected chi connectivity index (χ3v) is 11.6. The lowest BCUT2D eigenvalue weighted by Gasteiger charge is -2.24. The molecule has 0 nitrogen and oxygen atoms in total. The van der Waals surface area contributed by atoms with Gasteiger partial charge in [0.25, 0.3) is 0 Å². The fourth-order valence-electron chi connectivity index (χ4n) is 9.20. The van der Waals surface area contributed by atoms with E-state index in [0.717, 1.165) is 0 Å². The van der Waals surface area contributed by atoms with Crippen LogP contribution < -0.4 is 16.4 Å². The molecule has 0 aliphatic heterocycles. The van der Waals surface area contributed by atoms with Crippen molar-refractivity contribution in [1.29, 1.82) is 0 Å². The monoisotopic (exact) mass is 660 g/mol. The average molecular weight is 661 g/mol. The van der Waals surface area contributed by atoms with Crippen LogP contribution in [-0.4, -0.2) is 6.71 Å². The molecule has 10 rings (SSSR count). The van der Waals surface area contributed by atoms with Crippen LogP contribution in [0.15, 0.2) is 188 Å². The molecule has 0 unspecified atom stereocenters. The van der Waals surface area contributed by atoms with Crippen molar-refractivity contribution in [3.63, 3.8) is 0 Å². The Kier molecular flexibility index (Phi) is 7.05. The van der Waals surface area contributed by atoms with E-state index in [1.165, 1.54) is 93.2 Å². The molecule has 1 aliphatic rings. The predicted octanol–water partition coefficient (Wildman–Crippen LogP) is 11.3. The molecule has 9 aromatic rings. The van der Waals surface area contributed by atoms with Crippen LogP contribution in [0.25, 0.3) is 65.7 Å². The number of hydrogen-bond acceptors (Lipinski definition) is 0. The van der Waals surface area contributed by atoms with E-state index in [2.05, 4.69) is 202 Å². The van der Waals surface area contributed by atoms with Crippen LogP contribution in [0.2, 0.25) is 0 Å². The van der Waals surface area contributed by atoms with Crippen molar-refractivity contribution in [3.8, 4) is 33.4 Å². The van der Waals surface area contributed by atoms with E-state index in [-0.39, 0.29) is 12.1 Å². The topological polar surface area (TPSA) is 0 Å². The van der Waals surface area contributed by atoms with Crippen LogP contribution in [0.1, 0.15) is 25.0 Å². The van der Waals surface area contributed by atoms with Crippen molar-refractivity contribution in [1.82, 2.24) is 0 Å². The van der Waals surface area contributed by atoms with Gasteiger partial charge in [0.15, 0.2) is 0 Å². The molecule has 0 radical (unpaired) electrons. The molecule has 0 saturated heterocycles. The second-order valence-corrected chi connectivity index (χ2v) is 14.8. The Labute approximate surface area is 306 Å². The van der Waals surface area contributed by atoms with Gasteiger partial charge in [-0.1, -0.05) is 212 Å². The second kappa shape index (κ2) is 12.0. The summed E-state index contributed by atoms with van der Waals surface area (Å²) in [7, 11) is 0. The van der Waals surface area contributed by atoms with Crippen molar-refractivity contribution in [2.45, 2.75) is 19.3 Å². The van der Waals surface area contributed by atoms with E-state index in [1.54, 1.807) is 0 Å². The summed E-state index contributed by atoms with van der Waals surface area (Å²) < 4.78 is 0. The molecule has 0 heterocycles. The average Bonchev–Trinajstić information content (AvgIpc) is 3.44. The molecule has 0 aromatic heterocycles. The van der Waals surface area contributed by atoms with E-state index in [4.69, 9.17) is 0 Å². The van der Waals surface area contributed by atoms with Crippen LogP contribution >= 0.6 is 0 Å². The minimum absolute atomic E-state index is 0.102. The van der Waals surface area contributed by atoms with Gasteiger partial charge in [-0.05, 0) is 82.9 Å². The zero-order chi connectivity index (χ0) is 34.8. The first kappa shape index (κ1) is 30.6. The van der Waals surface area contributed by atoms with Crippen molar-refractivity contribution in [2.75, 3.05) is 0 Å². The van der Waals surface area contributed by atoms with Crippen molar-refractivity contribution < 1.29 is 0 Å². The Morgan fingerprint density at radius 3 is 1.31 bits per heavy atom. The SMILES string of the molecule is CC1(C)c2ccccc2-c2c1cc(-c1c3ccccc3c(-c3ccc(B(c4ccccc4)c4ccccc4)cc3)c3ccccc13)c1ccccc21. The van der Waals surface area contributed by atoms with Crippen LogP contribution in [0.3, 0.4) is 0 Å². The Balaban J connectivity index is 1.21. The molecule has 0 amide bonds.